The summed E-state index contributed by atoms with van der Waals surface area (Å²) in [6.45, 7) is 0. The lowest BCUT2D eigenvalue weighted by atomic mass is 9.85. The van der Waals surface area contributed by atoms with Gasteiger partial charge in [0, 0.05) is 27.1 Å². The van der Waals surface area contributed by atoms with Gasteiger partial charge in [-0.05, 0) is 18.9 Å². The van der Waals surface area contributed by atoms with Crippen LogP contribution < -0.4 is 10.6 Å². The smallest absolute Gasteiger partial charge is 0.0542 e. The Balaban J connectivity index is 0.000000640. The van der Waals surface area contributed by atoms with Gasteiger partial charge < -0.3 is 10.6 Å². The summed E-state index contributed by atoms with van der Waals surface area (Å²) in [5.74, 6) is 0. The molecule has 1 heterocycles. The molecule has 3 atom stereocenters. The molecule has 1 saturated heterocycles. The molecule has 3 rings (SSSR count). The molecule has 0 bridgehead atoms. The van der Waals surface area contributed by atoms with Crippen molar-refractivity contribution in [1.82, 2.24) is 10.6 Å². The van der Waals surface area contributed by atoms with Crippen LogP contribution in [0.1, 0.15) is 28.5 Å². The van der Waals surface area contributed by atoms with Crippen LogP contribution in [0, 0.1) is 6.42 Å². The average molecular weight is 193 g/mol. The van der Waals surface area contributed by atoms with E-state index in [1.165, 1.54) is 31.4 Å². The molecule has 3 unspecified atom stereocenters. The molecule has 2 aliphatic carbocycles. The second-order valence-corrected chi connectivity index (χ2v) is 4.49. The Morgan fingerprint density at radius 2 is 2.00 bits per heavy atom. The van der Waals surface area contributed by atoms with Crippen LogP contribution in [0.15, 0.2) is 23.9 Å². The van der Waals surface area contributed by atoms with Gasteiger partial charge in [-0.25, -0.2) is 0 Å². The zero-order chi connectivity index (χ0) is 9.38. The van der Waals surface area contributed by atoms with Crippen molar-refractivity contribution in [3.05, 3.63) is 30.3 Å². The Morgan fingerprint density at radius 1 is 1.14 bits per heavy atom. The Labute approximate surface area is 88.4 Å². The first-order chi connectivity index (χ1) is 6.93. The van der Waals surface area contributed by atoms with Crippen molar-refractivity contribution >= 4 is 0 Å². The predicted molar refractivity (Wildman–Crippen MR) is 61.9 cm³/mol. The van der Waals surface area contributed by atoms with Crippen molar-refractivity contribution in [3.8, 4) is 0 Å². The number of hydrogen-bond donors (Lipinski definition) is 2. The summed E-state index contributed by atoms with van der Waals surface area (Å²) < 4.78 is 0. The SMILES string of the molecule is [CH]1C=CC=C2NC3CCCCC3NC12.[HH].[HH]. The maximum absolute atomic E-state index is 3.72. The fourth-order valence-electron chi connectivity index (χ4n) is 2.77. The highest BCUT2D eigenvalue weighted by Crippen LogP contribution is 2.26. The Kier molecular flexibility index (Phi) is 2.09. The van der Waals surface area contributed by atoms with E-state index in [1.54, 1.807) is 0 Å². The molecular weight excluding hydrogens is 172 g/mol. The Morgan fingerprint density at radius 3 is 2.93 bits per heavy atom. The normalized spacial score (nSPS) is 40.6. The van der Waals surface area contributed by atoms with Gasteiger partial charge in [0.05, 0.1) is 6.04 Å². The largest absolute Gasteiger partial charge is 0.383 e. The predicted octanol–water partition coefficient (Wildman–Crippen LogP) is 2.01. The Bertz CT molecular complexity index is 289. The van der Waals surface area contributed by atoms with Crippen LogP contribution in [0.5, 0.6) is 0 Å². The summed E-state index contributed by atoms with van der Waals surface area (Å²) in [4.78, 5) is 0. The van der Waals surface area contributed by atoms with Crippen molar-refractivity contribution in [2.24, 2.45) is 0 Å². The quantitative estimate of drug-likeness (QED) is 0.615. The molecule has 0 aromatic heterocycles. The number of nitrogens with one attached hydrogen (secondary N) is 2. The minimum Gasteiger partial charge on any atom is -0.383 e. The van der Waals surface area contributed by atoms with E-state index in [-0.39, 0.29) is 2.85 Å². The third-order valence-corrected chi connectivity index (χ3v) is 3.54. The van der Waals surface area contributed by atoms with Gasteiger partial charge in [0.1, 0.15) is 0 Å². The molecule has 1 aliphatic heterocycles. The molecule has 2 fully saturated rings. The average Bonchev–Trinajstić information content (AvgIpc) is 2.26. The monoisotopic (exact) mass is 193 g/mol. The van der Waals surface area contributed by atoms with Gasteiger partial charge in [0.25, 0.3) is 0 Å². The topological polar surface area (TPSA) is 24.1 Å². The van der Waals surface area contributed by atoms with Gasteiger partial charge in [0.15, 0.2) is 0 Å². The summed E-state index contributed by atoms with van der Waals surface area (Å²) in [5.41, 5.74) is 1.36. The van der Waals surface area contributed by atoms with E-state index in [4.69, 9.17) is 0 Å². The maximum atomic E-state index is 3.72. The van der Waals surface area contributed by atoms with Gasteiger partial charge in [0.2, 0.25) is 0 Å². The lowest BCUT2D eigenvalue weighted by Crippen LogP contribution is -2.60. The fourth-order valence-corrected chi connectivity index (χ4v) is 2.77. The van der Waals surface area contributed by atoms with Crippen molar-refractivity contribution in [3.63, 3.8) is 0 Å². The van der Waals surface area contributed by atoms with E-state index < -0.39 is 0 Å². The molecular formula is C12H21N2. The number of piperazine rings is 1. The zero-order valence-electron chi connectivity index (χ0n) is 8.37. The molecule has 0 spiro atoms. The van der Waals surface area contributed by atoms with Gasteiger partial charge >= 0.3 is 0 Å². The zero-order valence-corrected chi connectivity index (χ0v) is 8.37. The van der Waals surface area contributed by atoms with Crippen LogP contribution >= 0.6 is 0 Å². The van der Waals surface area contributed by atoms with Crippen LogP contribution in [0.2, 0.25) is 0 Å². The van der Waals surface area contributed by atoms with Crippen LogP contribution in [-0.4, -0.2) is 18.1 Å². The van der Waals surface area contributed by atoms with Crippen molar-refractivity contribution in [2.75, 3.05) is 0 Å². The minimum atomic E-state index is 0. The van der Waals surface area contributed by atoms with Crippen molar-refractivity contribution in [2.45, 2.75) is 43.8 Å². The van der Waals surface area contributed by atoms with E-state index in [0.29, 0.717) is 18.1 Å². The van der Waals surface area contributed by atoms with Crippen molar-refractivity contribution in [1.29, 1.82) is 0 Å². The molecule has 79 valence electrons. The molecule has 2 nitrogen and oxygen atoms in total. The maximum Gasteiger partial charge on any atom is 0.0542 e. The molecule has 2 N–H and O–H groups in total. The van der Waals surface area contributed by atoms with E-state index >= 15 is 0 Å². The summed E-state index contributed by atoms with van der Waals surface area (Å²) in [7, 11) is 0. The number of rotatable bonds is 0. The first-order valence-electron chi connectivity index (χ1n) is 5.68. The molecule has 0 aromatic carbocycles. The van der Waals surface area contributed by atoms with E-state index in [9.17, 15) is 0 Å². The number of allylic oxidation sites excluding steroid dienone is 2. The highest BCUT2D eigenvalue weighted by Gasteiger charge is 2.33. The first kappa shape index (κ1) is 8.54. The lowest BCUT2D eigenvalue weighted by Gasteiger charge is -2.43. The van der Waals surface area contributed by atoms with Crippen LogP contribution in [0.4, 0.5) is 0 Å². The summed E-state index contributed by atoms with van der Waals surface area (Å²) in [6, 6.07) is 1.80. The number of fused-ring (bicyclic) bond motifs is 2. The summed E-state index contributed by atoms with van der Waals surface area (Å²) in [5, 5.41) is 7.39. The van der Waals surface area contributed by atoms with Gasteiger partial charge in [-0.1, -0.05) is 25.0 Å². The van der Waals surface area contributed by atoms with Gasteiger partial charge in [-0.2, -0.15) is 0 Å². The summed E-state index contributed by atoms with van der Waals surface area (Å²) >= 11 is 0. The number of hydrogen-bond acceptors (Lipinski definition) is 2. The van der Waals surface area contributed by atoms with Crippen molar-refractivity contribution < 1.29 is 2.85 Å². The van der Waals surface area contributed by atoms with Gasteiger partial charge in [-0.15, -0.1) is 0 Å². The van der Waals surface area contributed by atoms with E-state index in [2.05, 4.69) is 35.3 Å². The molecule has 0 aromatic rings. The Hall–Kier alpha value is -0.760. The van der Waals surface area contributed by atoms with Gasteiger partial charge in [-0.3, -0.25) is 0 Å². The highest BCUT2D eigenvalue weighted by molar-refractivity contribution is 5.32. The molecule has 1 saturated carbocycles. The summed E-state index contributed by atoms with van der Waals surface area (Å²) in [6.07, 6.45) is 14.1. The van der Waals surface area contributed by atoms with Crippen LogP contribution in [0.25, 0.3) is 0 Å². The second-order valence-electron chi connectivity index (χ2n) is 4.49. The first-order valence-corrected chi connectivity index (χ1v) is 5.68. The van der Waals surface area contributed by atoms with E-state index in [1.807, 2.05) is 0 Å². The van der Waals surface area contributed by atoms with E-state index in [0.717, 1.165) is 0 Å². The third kappa shape index (κ3) is 1.38. The molecule has 2 heteroatoms. The molecule has 0 amide bonds. The molecule has 1 radical (unpaired) electrons. The second kappa shape index (κ2) is 3.43. The van der Waals surface area contributed by atoms with Crippen LogP contribution in [0.3, 0.4) is 0 Å². The molecule has 3 aliphatic rings. The third-order valence-electron chi connectivity index (χ3n) is 3.54. The minimum absolute atomic E-state index is 0. The standard InChI is InChI=1S/C12H17N2.2H2/c1-2-6-10-9(5-1)13-11-7-3-4-8-12(11)14-10;;/h1-2,5-6,9,11-14H,3-4,7-8H2;2*1H. The lowest BCUT2D eigenvalue weighted by molar-refractivity contribution is 0.252. The fraction of sp³-hybridized carbons (Fsp3) is 0.583. The highest BCUT2D eigenvalue weighted by atomic mass is 15.1. The van der Waals surface area contributed by atoms with Crippen LogP contribution in [-0.2, 0) is 0 Å². The molecule has 14 heavy (non-hydrogen) atoms.